The molecule has 0 amide bonds. The second kappa shape index (κ2) is 14.1. The first-order chi connectivity index (χ1) is 17.8. The van der Waals surface area contributed by atoms with Crippen LogP contribution >= 0.6 is 0 Å². The van der Waals surface area contributed by atoms with Crippen LogP contribution in [0.25, 0.3) is 0 Å². The third-order valence-electron chi connectivity index (χ3n) is 5.55. The van der Waals surface area contributed by atoms with Crippen LogP contribution in [0.4, 0.5) is 11.4 Å². The molecule has 1 aliphatic rings. The zero-order chi connectivity index (χ0) is 26.8. The molecule has 2 aromatic rings. The maximum absolute atomic E-state index is 10.7. The van der Waals surface area contributed by atoms with Gasteiger partial charge in [-0.25, -0.2) is 0 Å². The summed E-state index contributed by atoms with van der Waals surface area (Å²) in [6.45, 7) is -1.29. The third-order valence-corrected chi connectivity index (χ3v) is 5.55. The van der Waals surface area contributed by atoms with Crippen LogP contribution in [0, 0.1) is 0 Å². The number of benzene rings is 2. The lowest BCUT2D eigenvalue weighted by Crippen LogP contribution is -2.59. The van der Waals surface area contributed by atoms with Crippen LogP contribution in [0.5, 0.6) is 0 Å². The van der Waals surface area contributed by atoms with Crippen molar-refractivity contribution in [1.29, 1.82) is 0 Å². The van der Waals surface area contributed by atoms with Gasteiger partial charge in [0.15, 0.2) is 6.29 Å². The van der Waals surface area contributed by atoms with Crippen LogP contribution < -0.4 is 10.9 Å². The molecule has 2 aromatic carbocycles. The maximum Gasteiger partial charge on any atom is 0.186 e. The van der Waals surface area contributed by atoms with Gasteiger partial charge in [-0.3, -0.25) is 10.9 Å². The minimum absolute atomic E-state index is 0.133. The molecule has 8 atom stereocenters. The minimum Gasteiger partial charge on any atom is -0.394 e. The van der Waals surface area contributed by atoms with Gasteiger partial charge >= 0.3 is 0 Å². The number of aliphatic hydroxyl groups excluding tert-OH is 7. The van der Waals surface area contributed by atoms with Gasteiger partial charge in [0.05, 0.1) is 30.8 Å². The van der Waals surface area contributed by atoms with Crippen molar-refractivity contribution in [2.45, 2.75) is 49.0 Å². The third kappa shape index (κ3) is 8.00. The zero-order valence-electron chi connectivity index (χ0n) is 19.7. The summed E-state index contributed by atoms with van der Waals surface area (Å²) in [4.78, 5) is 0. The van der Waals surface area contributed by atoms with Crippen LogP contribution in [0.15, 0.2) is 70.9 Å². The predicted octanol–water partition coefficient (Wildman–Crippen LogP) is -1.55. The number of ether oxygens (including phenoxy) is 2. The Kier molecular flexibility index (Phi) is 10.9. The van der Waals surface area contributed by atoms with E-state index in [0.717, 1.165) is 0 Å². The van der Waals surface area contributed by atoms with Crippen molar-refractivity contribution < 1.29 is 45.2 Å². The van der Waals surface area contributed by atoms with Crippen molar-refractivity contribution in [3.63, 3.8) is 0 Å². The summed E-state index contributed by atoms with van der Waals surface area (Å²) >= 11 is 0. The highest BCUT2D eigenvalue weighted by atomic mass is 16.7. The predicted molar refractivity (Wildman–Crippen MR) is 134 cm³/mol. The average molecular weight is 521 g/mol. The Hall–Kier alpha value is -2.98. The van der Waals surface area contributed by atoms with Crippen LogP contribution in [-0.4, -0.2) is 110 Å². The highest BCUT2D eigenvalue weighted by molar-refractivity contribution is 6.33. The molecule has 13 nitrogen and oxygen atoms in total. The summed E-state index contributed by atoms with van der Waals surface area (Å²) < 4.78 is 10.5. The molecule has 1 heterocycles. The number of anilines is 2. The standard InChI is InChI=1S/C24H32N4O9/c29-12-18-21(33)22(34)23(35)24(37-18)36-13-17(30)20(32)19(31)16(28-27-15-9-5-2-6-10-15)11-25-26-14-7-3-1-4-8-14/h1-11,17-24,26-27,29-35H,12-13H2. The van der Waals surface area contributed by atoms with Gasteiger partial charge in [-0.2, -0.15) is 10.2 Å². The van der Waals surface area contributed by atoms with E-state index in [4.69, 9.17) is 9.47 Å². The molecule has 13 heteroatoms. The van der Waals surface area contributed by atoms with E-state index in [1.165, 1.54) is 6.21 Å². The summed E-state index contributed by atoms with van der Waals surface area (Å²) in [6, 6.07) is 17.8. The molecular formula is C24H32N4O9. The van der Waals surface area contributed by atoms with E-state index in [1.807, 2.05) is 12.1 Å². The molecule has 0 radical (unpaired) electrons. The number of nitrogens with one attached hydrogen (secondary N) is 2. The molecule has 3 rings (SSSR count). The van der Waals surface area contributed by atoms with Gasteiger partial charge in [-0.1, -0.05) is 36.4 Å². The van der Waals surface area contributed by atoms with Crippen LogP contribution in [-0.2, 0) is 9.47 Å². The number of rotatable bonds is 12. The molecule has 1 saturated heterocycles. The van der Waals surface area contributed by atoms with Crippen LogP contribution in [0.2, 0.25) is 0 Å². The molecule has 0 aromatic heterocycles. The summed E-state index contributed by atoms with van der Waals surface area (Å²) in [5, 5.41) is 78.8. The van der Waals surface area contributed by atoms with Gasteiger partial charge in [-0.05, 0) is 24.3 Å². The maximum atomic E-state index is 10.7. The molecule has 0 bridgehead atoms. The van der Waals surface area contributed by atoms with Crippen LogP contribution in [0.1, 0.15) is 0 Å². The number of hydrazone groups is 2. The quantitative estimate of drug-likeness (QED) is 0.116. The van der Waals surface area contributed by atoms with Crippen LogP contribution in [0.3, 0.4) is 0 Å². The number of hydrogen-bond acceptors (Lipinski definition) is 13. The first-order valence-corrected chi connectivity index (χ1v) is 11.5. The van der Waals surface area contributed by atoms with E-state index in [2.05, 4.69) is 21.1 Å². The Morgan fingerprint density at radius 1 is 0.892 bits per heavy atom. The van der Waals surface area contributed by atoms with Crippen molar-refractivity contribution in [1.82, 2.24) is 0 Å². The Morgan fingerprint density at radius 3 is 2.08 bits per heavy atom. The summed E-state index contributed by atoms with van der Waals surface area (Å²) in [7, 11) is 0. The lowest BCUT2D eigenvalue weighted by Gasteiger charge is -2.40. The molecule has 9 N–H and O–H groups in total. The van der Waals surface area contributed by atoms with Crippen molar-refractivity contribution in [2.75, 3.05) is 24.1 Å². The van der Waals surface area contributed by atoms with E-state index < -0.39 is 62.2 Å². The van der Waals surface area contributed by atoms with Crippen molar-refractivity contribution in [3.05, 3.63) is 60.7 Å². The molecule has 0 spiro atoms. The Morgan fingerprint density at radius 2 is 1.49 bits per heavy atom. The van der Waals surface area contributed by atoms with Gasteiger partial charge in [0.1, 0.15) is 48.4 Å². The topological polar surface area (TPSA) is 209 Å². The number of aliphatic hydroxyl groups is 7. The molecule has 1 fully saturated rings. The normalized spacial score (nSPS) is 27.0. The fraction of sp³-hybridized carbons (Fsp3) is 0.417. The van der Waals surface area contributed by atoms with E-state index >= 15 is 0 Å². The van der Waals surface area contributed by atoms with Gasteiger partial charge < -0.3 is 45.2 Å². The molecule has 8 unspecified atom stereocenters. The van der Waals surface area contributed by atoms with Gasteiger partial charge in [0, 0.05) is 0 Å². The second-order valence-corrected chi connectivity index (χ2v) is 8.28. The fourth-order valence-electron chi connectivity index (χ4n) is 3.38. The summed E-state index contributed by atoms with van der Waals surface area (Å²) in [5.41, 5.74) is 6.62. The van der Waals surface area contributed by atoms with Crippen molar-refractivity contribution in [3.8, 4) is 0 Å². The van der Waals surface area contributed by atoms with E-state index in [0.29, 0.717) is 11.4 Å². The lowest BCUT2D eigenvalue weighted by molar-refractivity contribution is -0.306. The Bertz CT molecular complexity index is 996. The number of hydrogen-bond donors (Lipinski definition) is 9. The summed E-state index contributed by atoms with van der Waals surface area (Å²) in [6.07, 6.45) is -11.7. The summed E-state index contributed by atoms with van der Waals surface area (Å²) in [5.74, 6) is 0. The Balaban J connectivity index is 1.66. The molecule has 0 aliphatic carbocycles. The smallest absolute Gasteiger partial charge is 0.186 e. The van der Waals surface area contributed by atoms with Gasteiger partial charge in [0.2, 0.25) is 0 Å². The molecular weight excluding hydrogens is 488 g/mol. The largest absolute Gasteiger partial charge is 0.394 e. The molecule has 202 valence electrons. The highest BCUT2D eigenvalue weighted by Gasteiger charge is 2.44. The van der Waals surface area contributed by atoms with E-state index in [9.17, 15) is 35.7 Å². The van der Waals surface area contributed by atoms with E-state index in [1.54, 1.807) is 48.5 Å². The Labute approximate surface area is 212 Å². The average Bonchev–Trinajstić information content (AvgIpc) is 2.93. The lowest BCUT2D eigenvalue weighted by atomic mass is 9.99. The minimum atomic E-state index is -1.82. The second-order valence-electron chi connectivity index (χ2n) is 8.28. The molecule has 0 saturated carbocycles. The van der Waals surface area contributed by atoms with Crippen molar-refractivity contribution >= 4 is 23.3 Å². The molecule has 37 heavy (non-hydrogen) atoms. The molecule has 1 aliphatic heterocycles. The number of para-hydroxylation sites is 2. The first-order valence-electron chi connectivity index (χ1n) is 11.5. The highest BCUT2D eigenvalue weighted by Crippen LogP contribution is 2.22. The van der Waals surface area contributed by atoms with E-state index in [-0.39, 0.29) is 5.71 Å². The monoisotopic (exact) mass is 520 g/mol. The number of nitrogens with zero attached hydrogens (tertiary/aromatic N) is 2. The van der Waals surface area contributed by atoms with Gasteiger partial charge in [0.25, 0.3) is 0 Å². The SMILES string of the molecule is OCC1OC(OCC(O)C(O)C(O)C(C=NNc2ccccc2)=NNc2ccccc2)C(O)C(O)C1O. The first kappa shape index (κ1) is 28.6. The van der Waals surface area contributed by atoms with Crippen molar-refractivity contribution in [2.24, 2.45) is 10.2 Å². The zero-order valence-corrected chi connectivity index (χ0v) is 19.7. The van der Waals surface area contributed by atoms with Gasteiger partial charge in [-0.15, -0.1) is 0 Å². The fourth-order valence-corrected chi connectivity index (χ4v) is 3.38.